The number of benzene rings is 1. The van der Waals surface area contributed by atoms with Crippen molar-refractivity contribution in [3.63, 3.8) is 0 Å². The lowest BCUT2D eigenvalue weighted by Gasteiger charge is -2.25. The third-order valence-corrected chi connectivity index (χ3v) is 2.27. The first-order chi connectivity index (χ1) is 7.56. The molecule has 2 N–H and O–H groups in total. The SMILES string of the molecule is CCCN(C(=O)N(C)C)c1ccc(N)cc1. The summed E-state index contributed by atoms with van der Waals surface area (Å²) in [6, 6.07) is 7.34. The highest BCUT2D eigenvalue weighted by molar-refractivity contribution is 5.91. The van der Waals surface area contributed by atoms with Crippen LogP contribution in [0.1, 0.15) is 13.3 Å². The van der Waals surface area contributed by atoms with Crippen LogP contribution < -0.4 is 10.6 Å². The number of nitrogens with two attached hydrogens (primary N) is 1. The number of urea groups is 1. The van der Waals surface area contributed by atoms with Crippen molar-refractivity contribution in [2.45, 2.75) is 13.3 Å². The predicted molar refractivity (Wildman–Crippen MR) is 67.6 cm³/mol. The molecule has 0 spiro atoms. The highest BCUT2D eigenvalue weighted by Crippen LogP contribution is 2.17. The van der Waals surface area contributed by atoms with Crippen molar-refractivity contribution in [1.29, 1.82) is 0 Å². The van der Waals surface area contributed by atoms with Gasteiger partial charge in [0.15, 0.2) is 0 Å². The molecule has 4 heteroatoms. The van der Waals surface area contributed by atoms with Gasteiger partial charge in [-0.05, 0) is 30.7 Å². The van der Waals surface area contributed by atoms with Crippen molar-refractivity contribution in [3.05, 3.63) is 24.3 Å². The quantitative estimate of drug-likeness (QED) is 0.795. The van der Waals surface area contributed by atoms with Crippen molar-refractivity contribution in [2.75, 3.05) is 31.3 Å². The summed E-state index contributed by atoms with van der Waals surface area (Å²) in [7, 11) is 3.50. The van der Waals surface area contributed by atoms with Crippen LogP contribution in [-0.2, 0) is 0 Å². The Hall–Kier alpha value is -1.71. The van der Waals surface area contributed by atoms with E-state index < -0.39 is 0 Å². The van der Waals surface area contributed by atoms with Gasteiger partial charge >= 0.3 is 6.03 Å². The van der Waals surface area contributed by atoms with Crippen molar-refractivity contribution in [3.8, 4) is 0 Å². The average molecular weight is 221 g/mol. The fraction of sp³-hybridized carbons (Fsp3) is 0.417. The zero-order valence-electron chi connectivity index (χ0n) is 10.1. The van der Waals surface area contributed by atoms with Gasteiger partial charge in [0.2, 0.25) is 0 Å². The zero-order chi connectivity index (χ0) is 12.1. The van der Waals surface area contributed by atoms with Gasteiger partial charge in [0.1, 0.15) is 0 Å². The summed E-state index contributed by atoms with van der Waals surface area (Å²) in [5.41, 5.74) is 7.21. The standard InChI is InChI=1S/C12H19N3O/c1-4-9-15(12(16)14(2)3)11-7-5-10(13)6-8-11/h5-8H,4,9,13H2,1-3H3. The molecule has 0 unspecified atom stereocenters. The minimum atomic E-state index is -0.00776. The molecule has 0 saturated carbocycles. The Morgan fingerprint density at radius 2 is 1.81 bits per heavy atom. The van der Waals surface area contributed by atoms with Gasteiger partial charge < -0.3 is 10.6 Å². The van der Waals surface area contributed by atoms with Gasteiger partial charge in [0.25, 0.3) is 0 Å². The van der Waals surface area contributed by atoms with Crippen LogP contribution in [0, 0.1) is 0 Å². The number of carbonyl (C=O) groups excluding carboxylic acids is 1. The maximum Gasteiger partial charge on any atom is 0.323 e. The molecular formula is C12H19N3O. The second kappa shape index (κ2) is 5.39. The Labute approximate surface area is 96.6 Å². The van der Waals surface area contributed by atoms with Gasteiger partial charge in [-0.3, -0.25) is 4.90 Å². The van der Waals surface area contributed by atoms with E-state index in [0.29, 0.717) is 12.2 Å². The Morgan fingerprint density at radius 1 is 1.25 bits per heavy atom. The maximum absolute atomic E-state index is 11.9. The Kier molecular flexibility index (Phi) is 4.17. The summed E-state index contributed by atoms with van der Waals surface area (Å²) in [5.74, 6) is 0. The van der Waals surface area contributed by atoms with E-state index in [1.807, 2.05) is 19.1 Å². The van der Waals surface area contributed by atoms with E-state index in [0.717, 1.165) is 12.1 Å². The van der Waals surface area contributed by atoms with Crippen LogP contribution in [0.3, 0.4) is 0 Å². The Bertz CT molecular complexity index is 346. The van der Waals surface area contributed by atoms with Gasteiger partial charge in [0, 0.05) is 32.0 Å². The lowest BCUT2D eigenvalue weighted by molar-refractivity contribution is 0.224. The number of nitrogens with zero attached hydrogens (tertiary/aromatic N) is 2. The van der Waals surface area contributed by atoms with E-state index in [4.69, 9.17) is 5.73 Å². The number of rotatable bonds is 3. The first-order valence-corrected chi connectivity index (χ1v) is 5.40. The number of nitrogen functional groups attached to an aromatic ring is 1. The highest BCUT2D eigenvalue weighted by Gasteiger charge is 2.15. The maximum atomic E-state index is 11.9. The molecule has 88 valence electrons. The molecule has 0 heterocycles. The summed E-state index contributed by atoms with van der Waals surface area (Å²) in [4.78, 5) is 15.3. The molecule has 0 saturated heterocycles. The summed E-state index contributed by atoms with van der Waals surface area (Å²) >= 11 is 0. The largest absolute Gasteiger partial charge is 0.399 e. The number of anilines is 2. The minimum absolute atomic E-state index is 0.00776. The first-order valence-electron chi connectivity index (χ1n) is 5.40. The predicted octanol–water partition coefficient (Wildman–Crippen LogP) is 2.17. The van der Waals surface area contributed by atoms with Gasteiger partial charge in [-0.1, -0.05) is 6.92 Å². The molecule has 0 aromatic heterocycles. The molecule has 0 bridgehead atoms. The van der Waals surface area contributed by atoms with Crippen molar-refractivity contribution < 1.29 is 4.79 Å². The molecule has 0 aliphatic carbocycles. The van der Waals surface area contributed by atoms with E-state index >= 15 is 0 Å². The molecule has 0 fully saturated rings. The fourth-order valence-electron chi connectivity index (χ4n) is 1.45. The monoisotopic (exact) mass is 221 g/mol. The van der Waals surface area contributed by atoms with Gasteiger partial charge in [-0.15, -0.1) is 0 Å². The van der Waals surface area contributed by atoms with E-state index in [2.05, 4.69) is 0 Å². The third kappa shape index (κ3) is 2.89. The Balaban J connectivity index is 2.93. The van der Waals surface area contributed by atoms with Crippen molar-refractivity contribution in [2.24, 2.45) is 0 Å². The van der Waals surface area contributed by atoms with E-state index in [9.17, 15) is 4.79 Å². The van der Waals surface area contributed by atoms with Crippen LogP contribution >= 0.6 is 0 Å². The summed E-state index contributed by atoms with van der Waals surface area (Å²) in [5, 5.41) is 0. The normalized spacial score (nSPS) is 9.94. The van der Waals surface area contributed by atoms with Gasteiger partial charge in [-0.2, -0.15) is 0 Å². The number of hydrogen-bond acceptors (Lipinski definition) is 2. The lowest BCUT2D eigenvalue weighted by atomic mass is 10.2. The van der Waals surface area contributed by atoms with E-state index in [1.165, 1.54) is 0 Å². The van der Waals surface area contributed by atoms with Gasteiger partial charge in [-0.25, -0.2) is 4.79 Å². The molecule has 4 nitrogen and oxygen atoms in total. The van der Waals surface area contributed by atoms with Crippen LogP contribution in [0.5, 0.6) is 0 Å². The molecule has 0 atom stereocenters. The molecule has 16 heavy (non-hydrogen) atoms. The molecule has 0 radical (unpaired) electrons. The van der Waals surface area contributed by atoms with Crippen LogP contribution in [0.2, 0.25) is 0 Å². The summed E-state index contributed by atoms with van der Waals surface area (Å²) in [6.07, 6.45) is 0.921. The molecule has 1 aromatic carbocycles. The molecule has 0 aliphatic heterocycles. The van der Waals surface area contributed by atoms with Crippen molar-refractivity contribution >= 4 is 17.4 Å². The Morgan fingerprint density at radius 3 is 2.25 bits per heavy atom. The fourth-order valence-corrected chi connectivity index (χ4v) is 1.45. The van der Waals surface area contributed by atoms with E-state index in [1.54, 1.807) is 36.0 Å². The van der Waals surface area contributed by atoms with Gasteiger partial charge in [0.05, 0.1) is 0 Å². The van der Waals surface area contributed by atoms with Crippen LogP contribution in [0.15, 0.2) is 24.3 Å². The molecule has 1 aromatic rings. The summed E-state index contributed by atoms with van der Waals surface area (Å²) < 4.78 is 0. The van der Waals surface area contributed by atoms with Crippen LogP contribution in [-0.4, -0.2) is 31.6 Å². The number of carbonyl (C=O) groups is 1. The molecule has 0 aliphatic rings. The third-order valence-electron chi connectivity index (χ3n) is 2.27. The highest BCUT2D eigenvalue weighted by atomic mass is 16.2. The molecule has 2 amide bonds. The molecular weight excluding hydrogens is 202 g/mol. The topological polar surface area (TPSA) is 49.6 Å². The smallest absolute Gasteiger partial charge is 0.323 e. The average Bonchev–Trinajstić information content (AvgIpc) is 2.26. The van der Waals surface area contributed by atoms with E-state index in [-0.39, 0.29) is 6.03 Å². The van der Waals surface area contributed by atoms with Crippen LogP contribution in [0.25, 0.3) is 0 Å². The zero-order valence-corrected chi connectivity index (χ0v) is 10.1. The minimum Gasteiger partial charge on any atom is -0.399 e. The number of amides is 2. The summed E-state index contributed by atoms with van der Waals surface area (Å²) in [6.45, 7) is 2.76. The first kappa shape index (κ1) is 12.4. The van der Waals surface area contributed by atoms with Crippen molar-refractivity contribution in [1.82, 2.24) is 4.90 Å². The second-order valence-corrected chi connectivity index (χ2v) is 3.92. The lowest BCUT2D eigenvalue weighted by Crippen LogP contribution is -2.39. The molecule has 1 rings (SSSR count). The van der Waals surface area contributed by atoms with Crippen LogP contribution in [0.4, 0.5) is 16.2 Å². The second-order valence-electron chi connectivity index (χ2n) is 3.92. The number of hydrogen-bond donors (Lipinski definition) is 1.